The number of hydrogen-bond acceptors (Lipinski definition) is 7. The summed E-state index contributed by atoms with van der Waals surface area (Å²) in [6.45, 7) is 3.37. The number of aromatic nitrogens is 3. The van der Waals surface area contributed by atoms with E-state index in [0.717, 1.165) is 6.07 Å². The molecule has 0 bridgehead atoms. The van der Waals surface area contributed by atoms with Gasteiger partial charge in [0.15, 0.2) is 5.69 Å². The molecule has 0 atom stereocenters. The van der Waals surface area contributed by atoms with E-state index >= 15 is 0 Å². The molecule has 2 aliphatic rings. The Morgan fingerprint density at radius 2 is 1.76 bits per heavy atom. The lowest BCUT2D eigenvalue weighted by atomic mass is 10.1. The highest BCUT2D eigenvalue weighted by Crippen LogP contribution is 2.20. The summed E-state index contributed by atoms with van der Waals surface area (Å²) < 4.78 is 18.8. The monoisotopic (exact) mass is 479 g/mol. The minimum absolute atomic E-state index is 0.0915. The minimum atomic E-state index is -0.544. The predicted octanol–water partition coefficient (Wildman–Crippen LogP) is -0.247. The normalized spacial score (nSPS) is 16.6. The van der Waals surface area contributed by atoms with Crippen molar-refractivity contribution in [2.24, 2.45) is 0 Å². The maximum absolute atomic E-state index is 13.5. The van der Waals surface area contributed by atoms with Crippen LogP contribution in [0, 0.1) is 5.82 Å². The van der Waals surface area contributed by atoms with Crippen LogP contribution in [0.2, 0.25) is 5.02 Å². The SMILES string of the molecule is O=C(NCC(=O)N1CCN(C(=O)c2cc(F)ccc2Cl)CC1)c1cn(N2CCOCC2)nn1. The van der Waals surface area contributed by atoms with Gasteiger partial charge in [0.1, 0.15) is 5.82 Å². The quantitative estimate of drug-likeness (QED) is 0.629. The van der Waals surface area contributed by atoms with E-state index in [-0.39, 0.29) is 47.7 Å². The third kappa shape index (κ3) is 5.40. The molecule has 11 nitrogen and oxygen atoms in total. The molecule has 0 unspecified atom stereocenters. The van der Waals surface area contributed by atoms with E-state index in [4.69, 9.17) is 16.3 Å². The Labute approximate surface area is 194 Å². The largest absolute Gasteiger partial charge is 0.378 e. The van der Waals surface area contributed by atoms with Gasteiger partial charge in [-0.3, -0.25) is 19.4 Å². The molecule has 4 rings (SSSR count). The Morgan fingerprint density at radius 3 is 2.48 bits per heavy atom. The number of nitrogens with one attached hydrogen (secondary N) is 1. The lowest BCUT2D eigenvalue weighted by Crippen LogP contribution is -2.52. The van der Waals surface area contributed by atoms with Crippen molar-refractivity contribution in [1.82, 2.24) is 30.2 Å². The number of carbonyl (C=O) groups is 3. The van der Waals surface area contributed by atoms with Crippen molar-refractivity contribution in [2.75, 3.05) is 64.0 Å². The smallest absolute Gasteiger partial charge is 0.273 e. The van der Waals surface area contributed by atoms with Gasteiger partial charge in [-0.2, -0.15) is 4.79 Å². The topological polar surface area (TPSA) is 113 Å². The first-order valence-corrected chi connectivity index (χ1v) is 10.9. The second-order valence-electron chi connectivity index (χ2n) is 7.57. The van der Waals surface area contributed by atoms with E-state index in [1.165, 1.54) is 28.0 Å². The van der Waals surface area contributed by atoms with Crippen LogP contribution >= 0.6 is 11.6 Å². The highest BCUT2D eigenvalue weighted by atomic mass is 35.5. The Bertz CT molecular complexity index is 1040. The molecule has 2 aromatic rings. The van der Waals surface area contributed by atoms with Gasteiger partial charge in [-0.15, -0.1) is 5.10 Å². The van der Waals surface area contributed by atoms with E-state index in [0.29, 0.717) is 39.4 Å². The molecule has 33 heavy (non-hydrogen) atoms. The first-order valence-electron chi connectivity index (χ1n) is 10.5. The fourth-order valence-corrected chi connectivity index (χ4v) is 3.80. The Hall–Kier alpha value is -3.25. The Kier molecular flexibility index (Phi) is 7.04. The van der Waals surface area contributed by atoms with Crippen molar-refractivity contribution in [1.29, 1.82) is 0 Å². The lowest BCUT2D eigenvalue weighted by Gasteiger charge is -2.35. The molecule has 0 aliphatic carbocycles. The van der Waals surface area contributed by atoms with Crippen LogP contribution in [0.5, 0.6) is 0 Å². The summed E-state index contributed by atoms with van der Waals surface area (Å²) in [5.74, 6) is -1.71. The number of rotatable bonds is 5. The summed E-state index contributed by atoms with van der Waals surface area (Å²) in [6.07, 6.45) is 1.51. The van der Waals surface area contributed by atoms with Gasteiger partial charge >= 0.3 is 0 Å². The fourth-order valence-electron chi connectivity index (χ4n) is 3.60. The van der Waals surface area contributed by atoms with E-state index in [1.807, 2.05) is 5.01 Å². The summed E-state index contributed by atoms with van der Waals surface area (Å²) >= 11 is 6.02. The van der Waals surface area contributed by atoms with Crippen molar-refractivity contribution >= 4 is 29.3 Å². The highest BCUT2D eigenvalue weighted by Gasteiger charge is 2.26. The number of morpholine rings is 1. The van der Waals surface area contributed by atoms with Gasteiger partial charge in [0.25, 0.3) is 11.8 Å². The number of ether oxygens (including phenoxy) is 1. The average molecular weight is 480 g/mol. The molecule has 3 heterocycles. The van der Waals surface area contributed by atoms with Gasteiger partial charge in [0, 0.05) is 26.2 Å². The zero-order valence-corrected chi connectivity index (χ0v) is 18.5. The maximum atomic E-state index is 13.5. The number of piperazine rings is 1. The van der Waals surface area contributed by atoms with Crippen LogP contribution in [-0.4, -0.2) is 102 Å². The van der Waals surface area contributed by atoms with Crippen LogP contribution in [-0.2, 0) is 9.53 Å². The van der Waals surface area contributed by atoms with Crippen LogP contribution in [0.3, 0.4) is 0 Å². The second-order valence-corrected chi connectivity index (χ2v) is 7.98. The summed E-state index contributed by atoms with van der Waals surface area (Å²) in [5.41, 5.74) is 0.200. The van der Waals surface area contributed by atoms with Crippen molar-refractivity contribution in [3.63, 3.8) is 0 Å². The van der Waals surface area contributed by atoms with E-state index in [9.17, 15) is 18.8 Å². The molecule has 0 radical (unpaired) electrons. The van der Waals surface area contributed by atoms with Crippen molar-refractivity contribution in [3.8, 4) is 0 Å². The fraction of sp³-hybridized carbons (Fsp3) is 0.450. The lowest BCUT2D eigenvalue weighted by molar-refractivity contribution is -0.131. The Balaban J connectivity index is 1.25. The van der Waals surface area contributed by atoms with Crippen LogP contribution in [0.15, 0.2) is 24.4 Å². The summed E-state index contributed by atoms with van der Waals surface area (Å²) in [4.78, 5) is 42.1. The molecule has 2 saturated heterocycles. The summed E-state index contributed by atoms with van der Waals surface area (Å²) in [7, 11) is 0. The maximum Gasteiger partial charge on any atom is 0.273 e. The molecular formula is C20H23ClFN7O4. The van der Waals surface area contributed by atoms with Crippen LogP contribution in [0.4, 0.5) is 4.39 Å². The molecular weight excluding hydrogens is 457 g/mol. The van der Waals surface area contributed by atoms with Gasteiger partial charge in [-0.25, -0.2) is 4.39 Å². The van der Waals surface area contributed by atoms with Crippen LogP contribution in [0.25, 0.3) is 0 Å². The molecule has 3 amide bonds. The number of benzene rings is 1. The predicted molar refractivity (Wildman–Crippen MR) is 115 cm³/mol. The number of nitrogens with zero attached hydrogens (tertiary/aromatic N) is 6. The molecule has 1 aromatic carbocycles. The number of carbonyl (C=O) groups excluding carboxylic acids is 3. The zero-order valence-electron chi connectivity index (χ0n) is 17.7. The van der Waals surface area contributed by atoms with Gasteiger partial charge in [-0.1, -0.05) is 11.6 Å². The summed E-state index contributed by atoms with van der Waals surface area (Å²) in [6, 6.07) is 3.63. The average Bonchev–Trinajstić information content (AvgIpc) is 3.34. The van der Waals surface area contributed by atoms with E-state index in [1.54, 1.807) is 4.90 Å². The summed E-state index contributed by atoms with van der Waals surface area (Å²) in [5, 5.41) is 12.4. The van der Waals surface area contributed by atoms with Gasteiger partial charge in [-0.05, 0) is 23.4 Å². The van der Waals surface area contributed by atoms with Crippen molar-refractivity contribution < 1.29 is 23.5 Å². The van der Waals surface area contributed by atoms with Crippen molar-refractivity contribution in [3.05, 3.63) is 46.5 Å². The number of halogens is 2. The number of amides is 3. The first kappa shape index (κ1) is 22.9. The molecule has 2 aliphatic heterocycles. The van der Waals surface area contributed by atoms with E-state index in [2.05, 4.69) is 15.6 Å². The molecule has 2 fully saturated rings. The third-order valence-electron chi connectivity index (χ3n) is 5.47. The van der Waals surface area contributed by atoms with E-state index < -0.39 is 11.7 Å². The van der Waals surface area contributed by atoms with Gasteiger partial charge in [0.05, 0.1) is 49.6 Å². The van der Waals surface area contributed by atoms with Crippen LogP contribution < -0.4 is 10.3 Å². The highest BCUT2D eigenvalue weighted by molar-refractivity contribution is 6.33. The standard InChI is InChI=1S/C20H23ClFN7O4/c21-16-2-1-14(22)11-15(16)20(32)27-5-3-26(4-6-27)18(30)12-23-19(31)17-13-29(25-24-17)28-7-9-33-10-8-28/h1-2,11,13H,3-10,12H2,(H,23,31). The molecule has 1 aromatic heterocycles. The molecule has 0 saturated carbocycles. The van der Waals surface area contributed by atoms with Crippen LogP contribution in [0.1, 0.15) is 20.8 Å². The zero-order chi connectivity index (χ0) is 23.4. The molecule has 1 N–H and O–H groups in total. The molecule has 176 valence electrons. The van der Waals surface area contributed by atoms with Gasteiger partial charge in [0.2, 0.25) is 5.91 Å². The van der Waals surface area contributed by atoms with Gasteiger partial charge < -0.3 is 19.9 Å². The number of hydrogen-bond donors (Lipinski definition) is 1. The Morgan fingerprint density at radius 1 is 1.06 bits per heavy atom. The van der Waals surface area contributed by atoms with Crippen molar-refractivity contribution in [2.45, 2.75) is 0 Å². The molecule has 0 spiro atoms. The second kappa shape index (κ2) is 10.1. The third-order valence-corrected chi connectivity index (χ3v) is 5.80. The first-order chi connectivity index (χ1) is 15.9. The molecule has 13 heteroatoms. The minimum Gasteiger partial charge on any atom is -0.378 e.